The molecule has 0 aliphatic heterocycles. The van der Waals surface area contributed by atoms with E-state index in [2.05, 4.69) is 41.5 Å². The monoisotopic (exact) mass is 698 g/mol. The summed E-state index contributed by atoms with van der Waals surface area (Å²) in [6.07, 6.45) is 24.9. The standard InChI is InChI=1S/C42H83NO6/c1-36(2)22-20-24-38(5)28-32-48-41(44)26-16-12-8-7-10-14-18-30-46-35-40(34-43)47-31-19-15-11-9-13-17-27-42(45)49-33-29-39(6)25-21-23-37(3)4/h36-40H,7-35,43H2,1-6H3. The van der Waals surface area contributed by atoms with E-state index < -0.39 is 0 Å². The lowest BCUT2D eigenvalue weighted by Crippen LogP contribution is -2.29. The highest BCUT2D eigenvalue weighted by Gasteiger charge is 2.09. The van der Waals surface area contributed by atoms with Crippen molar-refractivity contribution in [1.82, 2.24) is 0 Å². The van der Waals surface area contributed by atoms with E-state index in [-0.39, 0.29) is 18.0 Å². The molecule has 0 heterocycles. The lowest BCUT2D eigenvalue weighted by Gasteiger charge is -2.16. The number of carbonyl (C=O) groups excluding carboxylic acids is 2. The molecule has 0 amide bonds. The molecule has 0 aromatic heterocycles. The van der Waals surface area contributed by atoms with Crippen LogP contribution in [-0.2, 0) is 28.5 Å². The van der Waals surface area contributed by atoms with Crippen molar-refractivity contribution in [2.45, 2.75) is 195 Å². The van der Waals surface area contributed by atoms with E-state index in [1.807, 2.05) is 0 Å². The zero-order chi connectivity index (χ0) is 36.4. The van der Waals surface area contributed by atoms with Crippen LogP contribution in [0, 0.1) is 23.7 Å². The summed E-state index contributed by atoms with van der Waals surface area (Å²) in [5, 5.41) is 0. The van der Waals surface area contributed by atoms with Crippen LogP contribution in [0.3, 0.4) is 0 Å². The van der Waals surface area contributed by atoms with Crippen molar-refractivity contribution in [3.8, 4) is 0 Å². The molecule has 0 rings (SSSR count). The molecule has 0 fully saturated rings. The average Bonchev–Trinajstić information content (AvgIpc) is 3.05. The molecule has 0 spiro atoms. The number of esters is 2. The maximum Gasteiger partial charge on any atom is 0.305 e. The van der Waals surface area contributed by atoms with E-state index in [4.69, 9.17) is 24.7 Å². The van der Waals surface area contributed by atoms with E-state index in [0.29, 0.717) is 51.0 Å². The van der Waals surface area contributed by atoms with Crippen LogP contribution in [0.15, 0.2) is 0 Å². The first-order chi connectivity index (χ1) is 23.6. The minimum Gasteiger partial charge on any atom is -0.466 e. The summed E-state index contributed by atoms with van der Waals surface area (Å²) in [4.78, 5) is 24.0. The minimum absolute atomic E-state index is 0.0288. The van der Waals surface area contributed by atoms with Crippen LogP contribution in [0.5, 0.6) is 0 Å². The predicted molar refractivity (Wildman–Crippen MR) is 206 cm³/mol. The molecule has 0 aliphatic carbocycles. The molecule has 0 radical (unpaired) electrons. The number of rotatable bonds is 37. The van der Waals surface area contributed by atoms with Gasteiger partial charge in [0.2, 0.25) is 0 Å². The Morgan fingerprint density at radius 3 is 1.31 bits per heavy atom. The molecule has 0 aromatic carbocycles. The Hall–Kier alpha value is -1.18. The normalized spacial score (nSPS) is 13.6. The first-order valence-corrected chi connectivity index (χ1v) is 20.8. The molecule has 0 bridgehead atoms. The van der Waals surface area contributed by atoms with Gasteiger partial charge in [-0.25, -0.2) is 0 Å². The molecule has 0 aliphatic rings. The predicted octanol–water partition coefficient (Wildman–Crippen LogP) is 11.0. The largest absolute Gasteiger partial charge is 0.466 e. The molecule has 292 valence electrons. The average molecular weight is 698 g/mol. The fraction of sp³-hybridized carbons (Fsp3) is 0.952. The zero-order valence-electron chi connectivity index (χ0n) is 33.4. The summed E-state index contributed by atoms with van der Waals surface area (Å²) in [6, 6.07) is 0. The van der Waals surface area contributed by atoms with E-state index in [1.54, 1.807) is 0 Å². The molecule has 3 atom stereocenters. The molecule has 0 saturated carbocycles. The Morgan fingerprint density at radius 2 is 0.878 bits per heavy atom. The van der Waals surface area contributed by atoms with Crippen molar-refractivity contribution in [2.75, 3.05) is 39.6 Å². The lowest BCUT2D eigenvalue weighted by molar-refractivity contribution is -0.145. The van der Waals surface area contributed by atoms with Gasteiger partial charge in [-0.15, -0.1) is 0 Å². The van der Waals surface area contributed by atoms with Crippen LogP contribution < -0.4 is 5.73 Å². The summed E-state index contributed by atoms with van der Waals surface area (Å²) in [6.45, 7) is 17.3. The van der Waals surface area contributed by atoms with Gasteiger partial charge in [0.1, 0.15) is 0 Å². The van der Waals surface area contributed by atoms with Crippen LogP contribution in [-0.4, -0.2) is 57.6 Å². The molecular weight excluding hydrogens is 614 g/mol. The summed E-state index contributed by atoms with van der Waals surface area (Å²) >= 11 is 0. The van der Waals surface area contributed by atoms with E-state index in [0.717, 1.165) is 89.3 Å². The maximum absolute atomic E-state index is 12.0. The summed E-state index contributed by atoms with van der Waals surface area (Å²) in [5.41, 5.74) is 5.89. The third kappa shape index (κ3) is 36.4. The van der Waals surface area contributed by atoms with Crippen LogP contribution >= 0.6 is 0 Å². The van der Waals surface area contributed by atoms with Gasteiger partial charge in [-0.2, -0.15) is 0 Å². The first-order valence-electron chi connectivity index (χ1n) is 20.8. The molecule has 2 N–H and O–H groups in total. The summed E-state index contributed by atoms with van der Waals surface area (Å²) in [5.74, 6) is 2.73. The molecule has 3 unspecified atom stereocenters. The first kappa shape index (κ1) is 47.8. The number of hydrogen-bond acceptors (Lipinski definition) is 7. The minimum atomic E-state index is -0.0385. The molecular formula is C42H83NO6. The Labute approximate surface area is 304 Å². The highest BCUT2D eigenvalue weighted by atomic mass is 16.5. The number of unbranched alkanes of at least 4 members (excludes halogenated alkanes) is 11. The smallest absolute Gasteiger partial charge is 0.305 e. The summed E-state index contributed by atoms with van der Waals surface area (Å²) in [7, 11) is 0. The number of ether oxygens (including phenoxy) is 4. The zero-order valence-corrected chi connectivity index (χ0v) is 33.4. The fourth-order valence-electron chi connectivity index (χ4n) is 6.01. The fourth-order valence-corrected chi connectivity index (χ4v) is 6.01. The molecule has 7 nitrogen and oxygen atoms in total. The third-order valence-corrected chi connectivity index (χ3v) is 9.57. The molecule has 0 saturated heterocycles. The van der Waals surface area contributed by atoms with Crippen molar-refractivity contribution >= 4 is 11.9 Å². The van der Waals surface area contributed by atoms with Gasteiger partial charge in [-0.05, 0) is 62.2 Å². The number of carbonyl (C=O) groups is 2. The van der Waals surface area contributed by atoms with Crippen molar-refractivity contribution in [3.05, 3.63) is 0 Å². The van der Waals surface area contributed by atoms with E-state index in [1.165, 1.54) is 70.6 Å². The Kier molecular flexibility index (Phi) is 34.4. The SMILES string of the molecule is CC(C)CCCC(C)CCOC(=O)CCCCCCCCCOCC(CN)OCCCCCCCCC(=O)OCCC(C)CCCC(C)C. The highest BCUT2D eigenvalue weighted by molar-refractivity contribution is 5.69. The lowest BCUT2D eigenvalue weighted by atomic mass is 9.98. The second-order valence-corrected chi connectivity index (χ2v) is 15.8. The second-order valence-electron chi connectivity index (χ2n) is 15.8. The topological polar surface area (TPSA) is 97.1 Å². The number of nitrogens with two attached hydrogens (primary N) is 1. The van der Waals surface area contributed by atoms with Crippen LogP contribution in [0.25, 0.3) is 0 Å². The van der Waals surface area contributed by atoms with Gasteiger partial charge in [-0.3, -0.25) is 9.59 Å². The van der Waals surface area contributed by atoms with Gasteiger partial charge in [0.05, 0.1) is 25.9 Å². The third-order valence-electron chi connectivity index (χ3n) is 9.57. The summed E-state index contributed by atoms with van der Waals surface area (Å²) < 4.78 is 22.7. The highest BCUT2D eigenvalue weighted by Crippen LogP contribution is 2.17. The Balaban J connectivity index is 3.48. The Morgan fingerprint density at radius 1 is 0.469 bits per heavy atom. The van der Waals surface area contributed by atoms with Crippen molar-refractivity contribution < 1.29 is 28.5 Å². The van der Waals surface area contributed by atoms with E-state index >= 15 is 0 Å². The van der Waals surface area contributed by atoms with Gasteiger partial charge >= 0.3 is 11.9 Å². The van der Waals surface area contributed by atoms with Gasteiger partial charge in [0.15, 0.2) is 0 Å². The van der Waals surface area contributed by atoms with Gasteiger partial charge in [-0.1, -0.05) is 138 Å². The maximum atomic E-state index is 12.0. The van der Waals surface area contributed by atoms with Crippen molar-refractivity contribution in [2.24, 2.45) is 29.4 Å². The van der Waals surface area contributed by atoms with Gasteiger partial charge in [0, 0.05) is 32.6 Å². The molecule has 49 heavy (non-hydrogen) atoms. The number of hydrogen-bond donors (Lipinski definition) is 1. The van der Waals surface area contributed by atoms with Crippen molar-refractivity contribution in [3.63, 3.8) is 0 Å². The van der Waals surface area contributed by atoms with Crippen LogP contribution in [0.4, 0.5) is 0 Å². The van der Waals surface area contributed by atoms with Crippen molar-refractivity contribution in [1.29, 1.82) is 0 Å². The second kappa shape index (κ2) is 35.2. The van der Waals surface area contributed by atoms with Crippen LogP contribution in [0.2, 0.25) is 0 Å². The van der Waals surface area contributed by atoms with Gasteiger partial charge in [0.25, 0.3) is 0 Å². The quantitative estimate of drug-likeness (QED) is 0.0510. The molecule has 0 aromatic rings. The molecule has 7 heteroatoms. The Bertz CT molecular complexity index is 730. The van der Waals surface area contributed by atoms with Crippen LogP contribution in [0.1, 0.15) is 189 Å². The van der Waals surface area contributed by atoms with E-state index in [9.17, 15) is 9.59 Å². The van der Waals surface area contributed by atoms with Gasteiger partial charge < -0.3 is 24.7 Å².